The van der Waals surface area contributed by atoms with Gasteiger partial charge in [-0.3, -0.25) is 9.78 Å². The fraction of sp³-hybridized carbons (Fsp3) is 0.158. The van der Waals surface area contributed by atoms with Crippen molar-refractivity contribution in [1.29, 1.82) is 0 Å². The first-order valence-electron chi connectivity index (χ1n) is 7.68. The van der Waals surface area contributed by atoms with Gasteiger partial charge in [0, 0.05) is 11.6 Å². The van der Waals surface area contributed by atoms with E-state index in [9.17, 15) is 18.7 Å². The van der Waals surface area contributed by atoms with Gasteiger partial charge in [0.05, 0.1) is 17.6 Å². The maximum absolute atomic E-state index is 13.7. The van der Waals surface area contributed by atoms with Gasteiger partial charge in [-0.15, -0.1) is 0 Å². The van der Waals surface area contributed by atoms with Crippen LogP contribution < -0.4 is 5.32 Å². The molecule has 0 saturated carbocycles. The summed E-state index contributed by atoms with van der Waals surface area (Å²) in [6.07, 6.45) is 1.52. The topological polar surface area (TPSA) is 62.2 Å². The maximum Gasteiger partial charge on any atom is 0.253 e. The first-order valence-corrected chi connectivity index (χ1v) is 7.68. The first-order chi connectivity index (χ1) is 11.9. The van der Waals surface area contributed by atoms with E-state index in [0.29, 0.717) is 16.5 Å². The van der Waals surface area contributed by atoms with Crippen molar-refractivity contribution in [3.63, 3.8) is 0 Å². The highest BCUT2D eigenvalue weighted by Gasteiger charge is 2.24. The number of carbonyl (C=O) groups excluding carboxylic acids is 1. The van der Waals surface area contributed by atoms with Crippen molar-refractivity contribution in [2.75, 3.05) is 6.54 Å². The van der Waals surface area contributed by atoms with Crippen LogP contribution in [-0.4, -0.2) is 22.5 Å². The Labute approximate surface area is 143 Å². The fourth-order valence-electron chi connectivity index (χ4n) is 2.59. The number of fused-ring (bicyclic) bond motifs is 1. The molecule has 0 saturated heterocycles. The van der Waals surface area contributed by atoms with E-state index in [1.165, 1.54) is 43.5 Å². The maximum atomic E-state index is 13.7. The predicted molar refractivity (Wildman–Crippen MR) is 90.0 cm³/mol. The number of aliphatic hydroxyl groups is 1. The van der Waals surface area contributed by atoms with Crippen LogP contribution in [0.2, 0.25) is 0 Å². The van der Waals surface area contributed by atoms with Crippen LogP contribution in [0.25, 0.3) is 10.9 Å². The van der Waals surface area contributed by atoms with Crippen LogP contribution in [0.3, 0.4) is 0 Å². The Bertz CT molecular complexity index is 924. The molecule has 25 heavy (non-hydrogen) atoms. The minimum atomic E-state index is -1.40. The molecule has 1 amide bonds. The van der Waals surface area contributed by atoms with Crippen LogP contribution in [0.15, 0.2) is 54.7 Å². The van der Waals surface area contributed by atoms with E-state index in [0.717, 1.165) is 6.07 Å². The van der Waals surface area contributed by atoms with Gasteiger partial charge in [-0.05, 0) is 42.8 Å². The number of rotatable bonds is 4. The van der Waals surface area contributed by atoms with Crippen molar-refractivity contribution in [2.45, 2.75) is 12.5 Å². The van der Waals surface area contributed by atoms with Gasteiger partial charge >= 0.3 is 0 Å². The third-order valence-electron chi connectivity index (χ3n) is 3.97. The van der Waals surface area contributed by atoms with Gasteiger partial charge in [-0.25, -0.2) is 8.78 Å². The largest absolute Gasteiger partial charge is 0.384 e. The monoisotopic (exact) mass is 342 g/mol. The number of nitrogens with one attached hydrogen (secondary N) is 1. The molecule has 128 valence electrons. The molecule has 3 rings (SSSR count). The molecular formula is C19H16F2N2O2. The number of carbonyl (C=O) groups is 1. The lowest BCUT2D eigenvalue weighted by molar-refractivity contribution is 0.0526. The van der Waals surface area contributed by atoms with E-state index in [2.05, 4.69) is 10.3 Å². The van der Waals surface area contributed by atoms with Gasteiger partial charge in [0.25, 0.3) is 5.91 Å². The zero-order valence-corrected chi connectivity index (χ0v) is 13.5. The molecule has 0 radical (unpaired) electrons. The van der Waals surface area contributed by atoms with Gasteiger partial charge in [-0.2, -0.15) is 0 Å². The zero-order valence-electron chi connectivity index (χ0n) is 13.5. The Morgan fingerprint density at radius 1 is 1.16 bits per heavy atom. The standard InChI is InChI=1S/C19H16F2N2O2/c1-19(25,13-4-6-14(20)7-5-13)11-23-18(24)16-10-15(21)9-12-3-2-8-22-17(12)16/h2-10,25H,11H2,1H3,(H,23,24). The van der Waals surface area contributed by atoms with Gasteiger partial charge in [0.1, 0.15) is 17.2 Å². The molecule has 1 atom stereocenters. The van der Waals surface area contributed by atoms with Crippen molar-refractivity contribution in [3.8, 4) is 0 Å². The normalized spacial score (nSPS) is 13.4. The molecule has 4 nitrogen and oxygen atoms in total. The smallest absolute Gasteiger partial charge is 0.253 e. The summed E-state index contributed by atoms with van der Waals surface area (Å²) >= 11 is 0. The highest BCUT2D eigenvalue weighted by molar-refractivity contribution is 6.05. The summed E-state index contributed by atoms with van der Waals surface area (Å²) in [7, 11) is 0. The molecule has 0 aliphatic heterocycles. The molecule has 0 bridgehead atoms. The summed E-state index contributed by atoms with van der Waals surface area (Å²) in [5.41, 5.74) is -0.482. The van der Waals surface area contributed by atoms with E-state index in [-0.39, 0.29) is 12.1 Å². The summed E-state index contributed by atoms with van der Waals surface area (Å²) in [6.45, 7) is 1.38. The minimum Gasteiger partial charge on any atom is -0.384 e. The molecular weight excluding hydrogens is 326 g/mol. The van der Waals surface area contributed by atoms with Crippen LogP contribution in [0.4, 0.5) is 8.78 Å². The Morgan fingerprint density at radius 2 is 1.88 bits per heavy atom. The van der Waals surface area contributed by atoms with Crippen LogP contribution in [-0.2, 0) is 5.60 Å². The highest BCUT2D eigenvalue weighted by atomic mass is 19.1. The van der Waals surface area contributed by atoms with Crippen LogP contribution in [0, 0.1) is 11.6 Å². The van der Waals surface area contributed by atoms with Gasteiger partial charge in [-0.1, -0.05) is 18.2 Å². The average Bonchev–Trinajstić information content (AvgIpc) is 2.59. The van der Waals surface area contributed by atoms with Gasteiger partial charge < -0.3 is 10.4 Å². The Balaban J connectivity index is 1.82. The van der Waals surface area contributed by atoms with Crippen LogP contribution in [0.5, 0.6) is 0 Å². The third kappa shape index (κ3) is 3.64. The Kier molecular flexibility index (Phi) is 4.46. The lowest BCUT2D eigenvalue weighted by atomic mass is 9.96. The predicted octanol–water partition coefficient (Wildman–Crippen LogP) is 3.15. The molecule has 0 fully saturated rings. The summed E-state index contributed by atoms with van der Waals surface area (Å²) in [4.78, 5) is 16.6. The average molecular weight is 342 g/mol. The van der Waals surface area contributed by atoms with E-state index in [1.54, 1.807) is 12.1 Å². The van der Waals surface area contributed by atoms with Crippen molar-refractivity contribution in [3.05, 3.63) is 77.5 Å². The number of halogens is 2. The molecule has 0 spiro atoms. The number of amides is 1. The lowest BCUT2D eigenvalue weighted by Gasteiger charge is -2.24. The van der Waals surface area contributed by atoms with E-state index in [1.807, 2.05) is 0 Å². The third-order valence-corrected chi connectivity index (χ3v) is 3.97. The quantitative estimate of drug-likeness (QED) is 0.766. The second-order valence-electron chi connectivity index (χ2n) is 5.99. The molecule has 0 aliphatic carbocycles. The van der Waals surface area contributed by atoms with Crippen molar-refractivity contribution in [2.24, 2.45) is 0 Å². The summed E-state index contributed by atoms with van der Waals surface area (Å²) in [6, 6.07) is 11.1. The number of aromatic nitrogens is 1. The molecule has 1 aromatic heterocycles. The van der Waals surface area contributed by atoms with Crippen LogP contribution >= 0.6 is 0 Å². The number of pyridine rings is 1. The number of benzene rings is 2. The molecule has 3 aromatic rings. The zero-order chi connectivity index (χ0) is 18.0. The molecule has 2 aromatic carbocycles. The second-order valence-corrected chi connectivity index (χ2v) is 5.99. The van der Waals surface area contributed by atoms with Crippen molar-refractivity contribution >= 4 is 16.8 Å². The summed E-state index contributed by atoms with van der Waals surface area (Å²) in [5, 5.41) is 13.6. The Morgan fingerprint density at radius 3 is 2.60 bits per heavy atom. The van der Waals surface area contributed by atoms with E-state index >= 15 is 0 Å². The Hall–Kier alpha value is -2.86. The molecule has 6 heteroatoms. The summed E-state index contributed by atoms with van der Waals surface area (Å²) < 4.78 is 26.7. The molecule has 1 heterocycles. The van der Waals surface area contributed by atoms with Crippen molar-refractivity contribution in [1.82, 2.24) is 10.3 Å². The molecule has 2 N–H and O–H groups in total. The first kappa shape index (κ1) is 17.0. The fourth-order valence-corrected chi connectivity index (χ4v) is 2.59. The van der Waals surface area contributed by atoms with Crippen LogP contribution in [0.1, 0.15) is 22.8 Å². The molecule has 1 unspecified atom stereocenters. The van der Waals surface area contributed by atoms with Gasteiger partial charge in [0.15, 0.2) is 0 Å². The minimum absolute atomic E-state index is 0.0884. The second kappa shape index (κ2) is 6.57. The van der Waals surface area contributed by atoms with E-state index in [4.69, 9.17) is 0 Å². The molecule has 0 aliphatic rings. The lowest BCUT2D eigenvalue weighted by Crippen LogP contribution is -2.38. The highest BCUT2D eigenvalue weighted by Crippen LogP contribution is 2.21. The van der Waals surface area contributed by atoms with Gasteiger partial charge in [0.2, 0.25) is 0 Å². The number of hydrogen-bond acceptors (Lipinski definition) is 3. The number of nitrogens with zero attached hydrogens (tertiary/aromatic N) is 1. The summed E-state index contributed by atoms with van der Waals surface area (Å²) in [5.74, 6) is -1.51. The van der Waals surface area contributed by atoms with Crippen molar-refractivity contribution < 1.29 is 18.7 Å². The SMILES string of the molecule is CC(O)(CNC(=O)c1cc(F)cc2cccnc12)c1ccc(F)cc1. The number of hydrogen-bond donors (Lipinski definition) is 2. The van der Waals surface area contributed by atoms with E-state index < -0.39 is 23.1 Å².